The number of nitrogens with zero attached hydrogens (tertiary/aromatic N) is 1. The second-order valence-corrected chi connectivity index (χ2v) is 7.79. The number of aliphatic carboxylic acids is 1. The number of ether oxygens (including phenoxy) is 2. The molecule has 2 aromatic rings. The van der Waals surface area contributed by atoms with E-state index in [1.165, 1.54) is 19.5 Å². The second kappa shape index (κ2) is 13.1. The molecule has 1 aromatic heterocycles. The molecule has 1 aromatic carbocycles. The smallest absolute Gasteiger partial charge is 0.408 e. The number of alkyl carbamates (subject to hydrolysis) is 1. The first-order valence-corrected chi connectivity index (χ1v) is 10.8. The van der Waals surface area contributed by atoms with Crippen molar-refractivity contribution in [1.29, 1.82) is 0 Å². The molecule has 32 heavy (non-hydrogen) atoms. The summed E-state index contributed by atoms with van der Waals surface area (Å²) in [6.07, 6.45) is 1.74. The molecule has 9 nitrogen and oxygen atoms in total. The lowest BCUT2D eigenvalue weighted by Gasteiger charge is -2.18. The Bertz CT molecular complexity index is 909. The van der Waals surface area contributed by atoms with E-state index in [0.717, 1.165) is 17.3 Å². The van der Waals surface area contributed by atoms with E-state index in [1.54, 1.807) is 24.3 Å². The summed E-state index contributed by atoms with van der Waals surface area (Å²) in [6, 6.07) is 11.2. The highest BCUT2D eigenvalue weighted by molar-refractivity contribution is 7.99. The van der Waals surface area contributed by atoms with Crippen molar-refractivity contribution in [1.82, 2.24) is 10.3 Å². The van der Waals surface area contributed by atoms with Crippen LogP contribution < -0.4 is 5.32 Å². The summed E-state index contributed by atoms with van der Waals surface area (Å²) in [5.41, 5.74) is 1.10. The molecule has 2 atom stereocenters. The maximum absolute atomic E-state index is 12.6. The van der Waals surface area contributed by atoms with Crippen LogP contribution in [0.25, 0.3) is 0 Å². The van der Waals surface area contributed by atoms with E-state index >= 15 is 0 Å². The number of methoxy groups -OCH3 is 1. The molecule has 1 amide bonds. The number of benzene rings is 1. The van der Waals surface area contributed by atoms with Crippen LogP contribution in [0.15, 0.2) is 54.9 Å². The molecule has 0 aliphatic heterocycles. The Labute approximate surface area is 189 Å². The Kier molecular flexibility index (Phi) is 10.2. The largest absolute Gasteiger partial charge is 0.481 e. The summed E-state index contributed by atoms with van der Waals surface area (Å²) in [7, 11) is 1.19. The SMILES string of the molecule is COC(=O)[C@H](CSCC(CC(=O)O)C(=O)c1cccnc1)NC(=O)OCc1ccccc1. The number of thioether (sulfide) groups is 1. The standard InChI is InChI=1S/C22H24N2O7S/c1-30-21(28)18(24-22(29)31-12-15-6-3-2-4-7-15)14-32-13-17(10-19(25)26)20(27)16-8-5-9-23-11-16/h2-9,11,17-18H,10,12-14H2,1H3,(H,24,29)(H,25,26)/t17?,18-/m0/s1. The third-order valence-electron chi connectivity index (χ3n) is 4.33. The van der Waals surface area contributed by atoms with Crippen LogP contribution in [-0.4, -0.2) is 58.6 Å². The Balaban J connectivity index is 1.92. The van der Waals surface area contributed by atoms with Crippen LogP contribution in [0.2, 0.25) is 0 Å². The number of ketones is 1. The zero-order valence-electron chi connectivity index (χ0n) is 17.4. The van der Waals surface area contributed by atoms with Crippen LogP contribution in [0, 0.1) is 5.92 Å². The third kappa shape index (κ3) is 8.38. The first-order chi connectivity index (χ1) is 15.4. The number of carbonyl (C=O) groups excluding carboxylic acids is 3. The van der Waals surface area contributed by atoms with Crippen LogP contribution in [-0.2, 0) is 25.7 Å². The number of carbonyl (C=O) groups is 4. The van der Waals surface area contributed by atoms with E-state index in [4.69, 9.17) is 14.6 Å². The van der Waals surface area contributed by atoms with Crippen molar-refractivity contribution in [3.05, 3.63) is 66.0 Å². The Morgan fingerprint density at radius 2 is 1.84 bits per heavy atom. The molecule has 2 rings (SSSR count). The van der Waals surface area contributed by atoms with Crippen molar-refractivity contribution in [3.8, 4) is 0 Å². The van der Waals surface area contributed by atoms with Gasteiger partial charge in [-0.15, -0.1) is 0 Å². The zero-order chi connectivity index (χ0) is 23.3. The minimum Gasteiger partial charge on any atom is -0.481 e. The highest BCUT2D eigenvalue weighted by atomic mass is 32.2. The molecule has 0 spiro atoms. The van der Waals surface area contributed by atoms with Gasteiger partial charge in [0.15, 0.2) is 5.78 Å². The Morgan fingerprint density at radius 3 is 2.47 bits per heavy atom. The van der Waals surface area contributed by atoms with Gasteiger partial charge in [-0.05, 0) is 17.7 Å². The number of hydrogen-bond donors (Lipinski definition) is 2. The quantitative estimate of drug-likeness (QED) is 0.362. The normalized spacial score (nSPS) is 12.3. The molecule has 170 valence electrons. The van der Waals surface area contributed by atoms with Crippen molar-refractivity contribution >= 4 is 35.6 Å². The molecular weight excluding hydrogens is 436 g/mol. The van der Waals surface area contributed by atoms with Gasteiger partial charge in [0.2, 0.25) is 0 Å². The molecular formula is C22H24N2O7S. The molecule has 1 unspecified atom stereocenters. The average molecular weight is 461 g/mol. The lowest BCUT2D eigenvalue weighted by atomic mass is 9.97. The number of carboxylic acid groups (broad SMARTS) is 1. The van der Waals surface area contributed by atoms with Crippen LogP contribution in [0.1, 0.15) is 22.3 Å². The van der Waals surface area contributed by atoms with Gasteiger partial charge in [-0.25, -0.2) is 9.59 Å². The summed E-state index contributed by atoms with van der Waals surface area (Å²) < 4.78 is 9.85. The number of esters is 1. The van der Waals surface area contributed by atoms with Crippen molar-refractivity contribution in [2.45, 2.75) is 19.1 Å². The van der Waals surface area contributed by atoms with E-state index in [9.17, 15) is 19.2 Å². The summed E-state index contributed by atoms with van der Waals surface area (Å²) in [5, 5.41) is 11.6. The predicted octanol–water partition coefficient (Wildman–Crippen LogP) is 2.56. The number of aromatic nitrogens is 1. The number of rotatable bonds is 12. The number of hydrogen-bond acceptors (Lipinski definition) is 8. The van der Waals surface area contributed by atoms with Gasteiger partial charge < -0.3 is 19.9 Å². The summed E-state index contributed by atoms with van der Waals surface area (Å²) in [5.74, 6) is -2.75. The molecule has 2 N–H and O–H groups in total. The van der Waals surface area contributed by atoms with Crippen molar-refractivity contribution in [2.75, 3.05) is 18.6 Å². The van der Waals surface area contributed by atoms with Crippen LogP contribution >= 0.6 is 11.8 Å². The summed E-state index contributed by atoms with van der Waals surface area (Å²) in [6.45, 7) is 0.0357. The summed E-state index contributed by atoms with van der Waals surface area (Å²) >= 11 is 1.16. The van der Waals surface area contributed by atoms with E-state index in [-0.39, 0.29) is 30.3 Å². The third-order valence-corrected chi connectivity index (χ3v) is 5.54. The van der Waals surface area contributed by atoms with Crippen LogP contribution in [0.5, 0.6) is 0 Å². The maximum Gasteiger partial charge on any atom is 0.408 e. The molecule has 0 bridgehead atoms. The highest BCUT2D eigenvalue weighted by Crippen LogP contribution is 2.19. The molecule has 0 aliphatic carbocycles. The average Bonchev–Trinajstić information content (AvgIpc) is 2.81. The molecule has 10 heteroatoms. The molecule has 0 saturated carbocycles. The van der Waals surface area contributed by atoms with Gasteiger partial charge >= 0.3 is 18.0 Å². The lowest BCUT2D eigenvalue weighted by Crippen LogP contribution is -2.43. The van der Waals surface area contributed by atoms with Gasteiger partial charge in [0, 0.05) is 35.4 Å². The Morgan fingerprint density at radius 1 is 1.09 bits per heavy atom. The van der Waals surface area contributed by atoms with Crippen LogP contribution in [0.3, 0.4) is 0 Å². The first-order valence-electron chi connectivity index (χ1n) is 9.69. The van der Waals surface area contributed by atoms with E-state index in [0.29, 0.717) is 5.56 Å². The number of nitrogens with one attached hydrogen (secondary N) is 1. The lowest BCUT2D eigenvalue weighted by molar-refractivity contribution is -0.142. The number of Topliss-reactive ketones (excluding diaryl/α,β-unsaturated/α-hetero) is 1. The summed E-state index contributed by atoms with van der Waals surface area (Å²) in [4.78, 5) is 51.9. The van der Waals surface area contributed by atoms with Gasteiger partial charge in [-0.3, -0.25) is 14.6 Å². The van der Waals surface area contributed by atoms with Crippen molar-refractivity contribution < 1.29 is 33.8 Å². The maximum atomic E-state index is 12.6. The highest BCUT2D eigenvalue weighted by Gasteiger charge is 2.26. The number of pyridine rings is 1. The van der Waals surface area contributed by atoms with Gasteiger partial charge in [0.25, 0.3) is 0 Å². The molecule has 0 fully saturated rings. The van der Waals surface area contributed by atoms with Gasteiger partial charge in [-0.1, -0.05) is 30.3 Å². The molecule has 1 heterocycles. The second-order valence-electron chi connectivity index (χ2n) is 6.72. The van der Waals surface area contributed by atoms with E-state index < -0.39 is 30.0 Å². The monoisotopic (exact) mass is 460 g/mol. The fourth-order valence-electron chi connectivity index (χ4n) is 2.73. The molecule has 0 radical (unpaired) electrons. The molecule has 0 aliphatic rings. The fraction of sp³-hybridized carbons (Fsp3) is 0.318. The van der Waals surface area contributed by atoms with Crippen molar-refractivity contribution in [2.24, 2.45) is 5.92 Å². The van der Waals surface area contributed by atoms with Gasteiger partial charge in [0.1, 0.15) is 12.6 Å². The zero-order valence-corrected chi connectivity index (χ0v) is 18.2. The minimum atomic E-state index is -1.11. The van der Waals surface area contributed by atoms with Gasteiger partial charge in [0.05, 0.1) is 13.5 Å². The number of carboxylic acids is 1. The predicted molar refractivity (Wildman–Crippen MR) is 117 cm³/mol. The fourth-order valence-corrected chi connectivity index (χ4v) is 3.87. The minimum absolute atomic E-state index is 0.0357. The van der Waals surface area contributed by atoms with E-state index in [1.807, 2.05) is 18.2 Å². The Hall–Kier alpha value is -3.40. The van der Waals surface area contributed by atoms with Gasteiger partial charge in [-0.2, -0.15) is 11.8 Å². The topological polar surface area (TPSA) is 132 Å². The molecule has 0 saturated heterocycles. The van der Waals surface area contributed by atoms with Crippen LogP contribution in [0.4, 0.5) is 4.79 Å². The van der Waals surface area contributed by atoms with Crippen molar-refractivity contribution in [3.63, 3.8) is 0 Å². The number of amides is 1. The first kappa shape index (κ1) is 24.9. The van der Waals surface area contributed by atoms with E-state index in [2.05, 4.69) is 10.3 Å².